The van der Waals surface area contributed by atoms with Crippen molar-refractivity contribution in [1.82, 2.24) is 0 Å². The molecule has 0 aliphatic rings. The standard InChI is InChI=1S/C9H12FNS/c1-6(11)7-4-3-5-8(12-2)9(7)10/h3-6H,11H2,1-2H3. The van der Waals surface area contributed by atoms with Crippen molar-refractivity contribution in [3.63, 3.8) is 0 Å². The quantitative estimate of drug-likeness (QED) is 0.717. The topological polar surface area (TPSA) is 26.0 Å². The minimum atomic E-state index is -0.239. The SMILES string of the molecule is CSc1cccc(C(C)N)c1F. The Balaban J connectivity index is 3.14. The molecule has 0 saturated heterocycles. The lowest BCUT2D eigenvalue weighted by atomic mass is 10.1. The first-order valence-corrected chi connectivity index (χ1v) is 4.97. The van der Waals surface area contributed by atoms with Crippen molar-refractivity contribution < 1.29 is 4.39 Å². The summed E-state index contributed by atoms with van der Waals surface area (Å²) >= 11 is 1.40. The Morgan fingerprint density at radius 2 is 2.17 bits per heavy atom. The Kier molecular flexibility index (Phi) is 3.12. The van der Waals surface area contributed by atoms with Crippen LogP contribution in [-0.2, 0) is 0 Å². The van der Waals surface area contributed by atoms with Crippen LogP contribution in [0.1, 0.15) is 18.5 Å². The molecule has 1 aromatic carbocycles. The number of hydrogen-bond acceptors (Lipinski definition) is 2. The van der Waals surface area contributed by atoms with Gasteiger partial charge in [0.05, 0.1) is 0 Å². The van der Waals surface area contributed by atoms with Crippen LogP contribution in [0.3, 0.4) is 0 Å². The molecule has 0 aliphatic carbocycles. The van der Waals surface area contributed by atoms with Gasteiger partial charge in [0.1, 0.15) is 5.82 Å². The second-order valence-electron chi connectivity index (χ2n) is 2.65. The molecule has 0 heterocycles. The van der Waals surface area contributed by atoms with Gasteiger partial charge in [0.15, 0.2) is 0 Å². The predicted octanol–water partition coefficient (Wildman–Crippen LogP) is 2.57. The largest absolute Gasteiger partial charge is 0.324 e. The molecule has 0 bridgehead atoms. The molecule has 1 rings (SSSR count). The lowest BCUT2D eigenvalue weighted by molar-refractivity contribution is 0.570. The summed E-state index contributed by atoms with van der Waals surface area (Å²) in [5, 5.41) is 0. The van der Waals surface area contributed by atoms with Crippen LogP contribution in [0.2, 0.25) is 0 Å². The third-order valence-corrected chi connectivity index (χ3v) is 2.46. The summed E-state index contributed by atoms with van der Waals surface area (Å²) in [5.74, 6) is -0.181. The van der Waals surface area contributed by atoms with Gasteiger partial charge in [-0.3, -0.25) is 0 Å². The van der Waals surface area contributed by atoms with Crippen LogP contribution in [0.5, 0.6) is 0 Å². The lowest BCUT2D eigenvalue weighted by Gasteiger charge is -2.08. The van der Waals surface area contributed by atoms with E-state index in [0.29, 0.717) is 10.5 Å². The van der Waals surface area contributed by atoms with E-state index in [1.807, 2.05) is 12.3 Å². The molecule has 1 aromatic rings. The van der Waals surface area contributed by atoms with Crippen LogP contribution < -0.4 is 5.73 Å². The molecule has 1 atom stereocenters. The minimum absolute atomic E-state index is 0.181. The van der Waals surface area contributed by atoms with Crippen molar-refractivity contribution in [3.8, 4) is 0 Å². The minimum Gasteiger partial charge on any atom is -0.324 e. The van der Waals surface area contributed by atoms with E-state index in [2.05, 4.69) is 0 Å². The average Bonchev–Trinajstić information content (AvgIpc) is 2.04. The molecule has 3 heteroatoms. The molecule has 0 fully saturated rings. The smallest absolute Gasteiger partial charge is 0.141 e. The van der Waals surface area contributed by atoms with E-state index < -0.39 is 0 Å². The predicted molar refractivity (Wildman–Crippen MR) is 50.8 cm³/mol. The first kappa shape index (κ1) is 9.55. The van der Waals surface area contributed by atoms with Gasteiger partial charge in [-0.05, 0) is 19.2 Å². The monoisotopic (exact) mass is 185 g/mol. The number of thioether (sulfide) groups is 1. The molecular formula is C9H12FNS. The molecule has 2 N–H and O–H groups in total. The molecule has 0 radical (unpaired) electrons. The second-order valence-corrected chi connectivity index (χ2v) is 3.50. The Morgan fingerprint density at radius 1 is 1.50 bits per heavy atom. The van der Waals surface area contributed by atoms with Crippen LogP contribution >= 0.6 is 11.8 Å². The molecule has 0 aliphatic heterocycles. The lowest BCUT2D eigenvalue weighted by Crippen LogP contribution is -2.07. The second kappa shape index (κ2) is 3.92. The first-order chi connectivity index (χ1) is 5.66. The van der Waals surface area contributed by atoms with Gasteiger partial charge in [-0.25, -0.2) is 4.39 Å². The van der Waals surface area contributed by atoms with E-state index in [1.54, 1.807) is 19.1 Å². The fourth-order valence-corrected chi connectivity index (χ4v) is 1.55. The van der Waals surface area contributed by atoms with Crippen molar-refractivity contribution in [2.45, 2.75) is 17.9 Å². The summed E-state index contributed by atoms with van der Waals surface area (Å²) < 4.78 is 13.4. The molecular weight excluding hydrogens is 173 g/mol. The first-order valence-electron chi connectivity index (χ1n) is 3.74. The Morgan fingerprint density at radius 3 is 2.67 bits per heavy atom. The fraction of sp³-hybridized carbons (Fsp3) is 0.333. The van der Waals surface area contributed by atoms with Gasteiger partial charge in [-0.2, -0.15) is 0 Å². The summed E-state index contributed by atoms with van der Waals surface area (Å²) in [6.07, 6.45) is 1.85. The van der Waals surface area contributed by atoms with Gasteiger partial charge in [0, 0.05) is 16.5 Å². The van der Waals surface area contributed by atoms with Crippen LogP contribution in [-0.4, -0.2) is 6.26 Å². The zero-order chi connectivity index (χ0) is 9.14. The maximum atomic E-state index is 13.4. The highest BCUT2D eigenvalue weighted by atomic mass is 32.2. The highest BCUT2D eigenvalue weighted by molar-refractivity contribution is 7.98. The van der Waals surface area contributed by atoms with E-state index >= 15 is 0 Å². The molecule has 0 spiro atoms. The zero-order valence-electron chi connectivity index (χ0n) is 7.17. The number of rotatable bonds is 2. The summed E-state index contributed by atoms with van der Waals surface area (Å²) in [7, 11) is 0. The fourth-order valence-electron chi connectivity index (χ4n) is 1.04. The van der Waals surface area contributed by atoms with Crippen LogP contribution in [0, 0.1) is 5.82 Å². The van der Waals surface area contributed by atoms with Crippen molar-refractivity contribution in [2.24, 2.45) is 5.73 Å². The molecule has 66 valence electrons. The van der Waals surface area contributed by atoms with Crippen molar-refractivity contribution in [1.29, 1.82) is 0 Å². The maximum absolute atomic E-state index is 13.4. The number of nitrogens with two attached hydrogens (primary N) is 1. The van der Waals surface area contributed by atoms with E-state index in [9.17, 15) is 4.39 Å². The van der Waals surface area contributed by atoms with E-state index in [0.717, 1.165) is 0 Å². The third kappa shape index (κ3) is 1.79. The average molecular weight is 185 g/mol. The van der Waals surface area contributed by atoms with Gasteiger partial charge in [-0.15, -0.1) is 11.8 Å². The van der Waals surface area contributed by atoms with Crippen molar-refractivity contribution >= 4 is 11.8 Å². The van der Waals surface area contributed by atoms with Crippen molar-refractivity contribution in [3.05, 3.63) is 29.6 Å². The number of benzene rings is 1. The molecule has 1 unspecified atom stereocenters. The summed E-state index contributed by atoms with van der Waals surface area (Å²) in [5.41, 5.74) is 6.17. The van der Waals surface area contributed by atoms with E-state index in [1.165, 1.54) is 11.8 Å². The summed E-state index contributed by atoms with van der Waals surface area (Å²) in [4.78, 5) is 0.657. The molecule has 1 nitrogen and oxygen atoms in total. The zero-order valence-corrected chi connectivity index (χ0v) is 7.99. The third-order valence-electron chi connectivity index (χ3n) is 1.70. The molecule has 0 saturated carbocycles. The Hall–Kier alpha value is -0.540. The van der Waals surface area contributed by atoms with E-state index in [-0.39, 0.29) is 11.9 Å². The number of hydrogen-bond donors (Lipinski definition) is 1. The Bertz CT molecular complexity index is 273. The highest BCUT2D eigenvalue weighted by Gasteiger charge is 2.09. The highest BCUT2D eigenvalue weighted by Crippen LogP contribution is 2.24. The van der Waals surface area contributed by atoms with Crippen LogP contribution in [0.15, 0.2) is 23.1 Å². The summed E-state index contributed by atoms with van der Waals surface area (Å²) in [6, 6.07) is 5.07. The molecule has 0 aromatic heterocycles. The Labute approximate surface area is 76.2 Å². The number of halogens is 1. The normalized spacial score (nSPS) is 13.0. The van der Waals surface area contributed by atoms with Gasteiger partial charge in [0.25, 0.3) is 0 Å². The maximum Gasteiger partial charge on any atom is 0.141 e. The van der Waals surface area contributed by atoms with Gasteiger partial charge in [0.2, 0.25) is 0 Å². The van der Waals surface area contributed by atoms with E-state index in [4.69, 9.17) is 5.73 Å². The van der Waals surface area contributed by atoms with Crippen LogP contribution in [0.25, 0.3) is 0 Å². The van der Waals surface area contributed by atoms with Crippen LogP contribution in [0.4, 0.5) is 4.39 Å². The van der Waals surface area contributed by atoms with Gasteiger partial charge >= 0.3 is 0 Å². The molecule has 12 heavy (non-hydrogen) atoms. The summed E-state index contributed by atoms with van der Waals surface area (Å²) in [6.45, 7) is 1.78. The van der Waals surface area contributed by atoms with Crippen molar-refractivity contribution in [2.75, 3.05) is 6.26 Å². The van der Waals surface area contributed by atoms with Gasteiger partial charge in [-0.1, -0.05) is 12.1 Å². The van der Waals surface area contributed by atoms with Gasteiger partial charge < -0.3 is 5.73 Å². The molecule has 0 amide bonds.